The number of amides is 1. The summed E-state index contributed by atoms with van der Waals surface area (Å²) < 4.78 is 5.63. The largest absolute Gasteiger partial charge is 0.494 e. The van der Waals surface area contributed by atoms with Gasteiger partial charge in [-0.25, -0.2) is 0 Å². The monoisotopic (exact) mass is 474 g/mol. The summed E-state index contributed by atoms with van der Waals surface area (Å²) in [6.07, 6.45) is 4.34. The summed E-state index contributed by atoms with van der Waals surface area (Å²) in [4.78, 5) is 36.3. The van der Waals surface area contributed by atoms with Crippen molar-refractivity contribution < 1.29 is 19.2 Å². The van der Waals surface area contributed by atoms with Crippen LogP contribution in [0.25, 0.3) is 0 Å². The lowest BCUT2D eigenvalue weighted by molar-refractivity contribution is -0.385. The Labute approximate surface area is 205 Å². The molecule has 0 heterocycles. The van der Waals surface area contributed by atoms with E-state index < -0.39 is 4.92 Å². The molecule has 182 valence electrons. The summed E-state index contributed by atoms with van der Waals surface area (Å²) in [6, 6.07) is 24.2. The van der Waals surface area contributed by atoms with Gasteiger partial charge in [0, 0.05) is 25.6 Å². The minimum absolute atomic E-state index is 0.00146. The third-order valence-electron chi connectivity index (χ3n) is 5.66. The molecule has 0 bridgehead atoms. The number of nitro benzene ring substituents is 1. The van der Waals surface area contributed by atoms with E-state index in [0.29, 0.717) is 38.2 Å². The van der Waals surface area contributed by atoms with Gasteiger partial charge in [-0.3, -0.25) is 19.7 Å². The van der Waals surface area contributed by atoms with Gasteiger partial charge in [-0.1, -0.05) is 73.5 Å². The Morgan fingerprint density at radius 3 is 2.03 bits per heavy atom. The van der Waals surface area contributed by atoms with Crippen molar-refractivity contribution in [1.29, 1.82) is 0 Å². The average Bonchev–Trinajstić information content (AvgIpc) is 2.88. The first-order valence-electron chi connectivity index (χ1n) is 11.8. The molecule has 0 N–H and O–H groups in total. The van der Waals surface area contributed by atoms with Gasteiger partial charge < -0.3 is 9.64 Å². The van der Waals surface area contributed by atoms with Crippen molar-refractivity contribution in [3.05, 3.63) is 106 Å². The minimum Gasteiger partial charge on any atom is -0.494 e. The highest BCUT2D eigenvalue weighted by molar-refractivity contribution is 5.82. The van der Waals surface area contributed by atoms with Crippen LogP contribution in [0.2, 0.25) is 0 Å². The molecule has 0 aromatic heterocycles. The van der Waals surface area contributed by atoms with Gasteiger partial charge in [0.15, 0.2) is 6.29 Å². The molecule has 0 aliphatic rings. The summed E-state index contributed by atoms with van der Waals surface area (Å²) in [7, 11) is 0. The predicted molar refractivity (Wildman–Crippen MR) is 134 cm³/mol. The normalized spacial score (nSPS) is 10.5. The van der Waals surface area contributed by atoms with E-state index >= 15 is 0 Å². The Bertz CT molecular complexity index is 1060. The molecule has 0 unspecified atom stereocenters. The highest BCUT2D eigenvalue weighted by Crippen LogP contribution is 2.23. The van der Waals surface area contributed by atoms with Crippen molar-refractivity contribution in [1.82, 2.24) is 4.90 Å². The van der Waals surface area contributed by atoms with E-state index in [0.717, 1.165) is 36.8 Å². The molecule has 0 aliphatic carbocycles. The molecule has 3 aromatic carbocycles. The number of aldehydes is 1. The second-order valence-corrected chi connectivity index (χ2v) is 8.33. The quantitative estimate of drug-likeness (QED) is 0.124. The van der Waals surface area contributed by atoms with Gasteiger partial charge in [-0.15, -0.1) is 0 Å². The van der Waals surface area contributed by atoms with Crippen LogP contribution >= 0.6 is 0 Å². The number of nitro groups is 1. The molecule has 7 nitrogen and oxygen atoms in total. The molecule has 7 heteroatoms. The first-order valence-corrected chi connectivity index (χ1v) is 11.8. The van der Waals surface area contributed by atoms with Crippen LogP contribution in [0.4, 0.5) is 5.69 Å². The SMILES string of the molecule is O=Cc1cc(OCCCCCCC(=O)N(Cc2ccccc2)Cc2ccccc2)ccc1[N+](=O)[O-]. The lowest BCUT2D eigenvalue weighted by Crippen LogP contribution is -2.29. The molecule has 0 atom stereocenters. The van der Waals surface area contributed by atoms with Crippen molar-refractivity contribution in [3.8, 4) is 5.75 Å². The van der Waals surface area contributed by atoms with E-state index in [4.69, 9.17) is 4.74 Å². The lowest BCUT2D eigenvalue weighted by atomic mass is 10.1. The van der Waals surface area contributed by atoms with Crippen LogP contribution in [-0.2, 0) is 17.9 Å². The number of rotatable bonds is 14. The van der Waals surface area contributed by atoms with E-state index in [1.807, 2.05) is 65.6 Å². The molecule has 3 aromatic rings. The molecule has 35 heavy (non-hydrogen) atoms. The third-order valence-corrected chi connectivity index (χ3v) is 5.66. The van der Waals surface area contributed by atoms with Gasteiger partial charge in [0.2, 0.25) is 5.91 Å². The van der Waals surface area contributed by atoms with E-state index in [2.05, 4.69) is 0 Å². The summed E-state index contributed by atoms with van der Waals surface area (Å²) in [5, 5.41) is 10.9. The number of hydrogen-bond donors (Lipinski definition) is 0. The zero-order valence-corrected chi connectivity index (χ0v) is 19.7. The maximum atomic E-state index is 13.0. The third kappa shape index (κ3) is 8.37. The topological polar surface area (TPSA) is 89.8 Å². The first kappa shape index (κ1) is 25.6. The van der Waals surface area contributed by atoms with Crippen LogP contribution in [0.15, 0.2) is 78.9 Å². The maximum absolute atomic E-state index is 13.0. The minimum atomic E-state index is -0.588. The summed E-state index contributed by atoms with van der Waals surface area (Å²) in [5.41, 5.74) is 1.99. The fraction of sp³-hybridized carbons (Fsp3) is 0.286. The molecule has 3 rings (SSSR count). The van der Waals surface area contributed by atoms with Gasteiger partial charge in [0.05, 0.1) is 17.1 Å². The van der Waals surface area contributed by atoms with Gasteiger partial charge in [0.25, 0.3) is 5.69 Å². The van der Waals surface area contributed by atoms with Crippen LogP contribution < -0.4 is 4.74 Å². The van der Waals surface area contributed by atoms with E-state index in [1.165, 1.54) is 18.2 Å². The van der Waals surface area contributed by atoms with E-state index in [1.54, 1.807) is 0 Å². The molecule has 0 spiro atoms. The van der Waals surface area contributed by atoms with E-state index in [9.17, 15) is 19.7 Å². The Balaban J connectivity index is 1.41. The summed E-state index contributed by atoms with van der Waals surface area (Å²) in [6.45, 7) is 1.61. The summed E-state index contributed by atoms with van der Waals surface area (Å²) in [5.74, 6) is 0.576. The molecular weight excluding hydrogens is 444 g/mol. The second kappa shape index (κ2) is 13.6. The molecule has 1 amide bonds. The van der Waals surface area contributed by atoms with E-state index in [-0.39, 0.29) is 17.2 Å². The van der Waals surface area contributed by atoms with Gasteiger partial charge in [-0.05, 0) is 36.1 Å². The molecular formula is C28H30N2O5. The van der Waals surface area contributed by atoms with Crippen LogP contribution in [-0.4, -0.2) is 28.6 Å². The van der Waals surface area contributed by atoms with Gasteiger partial charge in [-0.2, -0.15) is 0 Å². The average molecular weight is 475 g/mol. The van der Waals surface area contributed by atoms with Crippen molar-refractivity contribution in [2.24, 2.45) is 0 Å². The van der Waals surface area contributed by atoms with Crippen LogP contribution in [0.5, 0.6) is 5.75 Å². The zero-order valence-electron chi connectivity index (χ0n) is 19.7. The molecule has 0 saturated carbocycles. The first-order chi connectivity index (χ1) is 17.1. The number of ether oxygens (including phenoxy) is 1. The highest BCUT2D eigenvalue weighted by Gasteiger charge is 2.15. The van der Waals surface area contributed by atoms with Crippen molar-refractivity contribution >= 4 is 17.9 Å². The Hall–Kier alpha value is -4.00. The van der Waals surface area contributed by atoms with Gasteiger partial charge in [0.1, 0.15) is 5.75 Å². The van der Waals surface area contributed by atoms with Crippen molar-refractivity contribution in [3.63, 3.8) is 0 Å². The number of nitrogens with zero attached hydrogens (tertiary/aromatic N) is 2. The molecule has 0 radical (unpaired) electrons. The van der Waals surface area contributed by atoms with Crippen LogP contribution in [0.1, 0.15) is 53.6 Å². The fourth-order valence-electron chi connectivity index (χ4n) is 3.80. The lowest BCUT2D eigenvalue weighted by Gasteiger charge is -2.23. The number of benzene rings is 3. The van der Waals surface area contributed by atoms with Crippen molar-refractivity contribution in [2.45, 2.75) is 45.2 Å². The van der Waals surface area contributed by atoms with Crippen LogP contribution in [0, 0.1) is 10.1 Å². The second-order valence-electron chi connectivity index (χ2n) is 8.33. The maximum Gasteiger partial charge on any atom is 0.280 e. The van der Waals surface area contributed by atoms with Crippen LogP contribution in [0.3, 0.4) is 0 Å². The highest BCUT2D eigenvalue weighted by atomic mass is 16.6. The standard InChI is InChI=1S/C28H30N2O5/c31-22-25-19-26(16-17-27(25)30(33)34)35-18-10-2-1-9-15-28(32)29(20-23-11-5-3-6-12-23)21-24-13-7-4-8-14-24/h3-8,11-14,16-17,19,22H,1-2,9-10,15,18,20-21H2. The number of carbonyl (C=O) groups is 2. The predicted octanol–water partition coefficient (Wildman–Crippen LogP) is 5.97. The number of carbonyl (C=O) groups excluding carboxylic acids is 2. The Kier molecular flexibility index (Phi) is 9.99. The number of unbranched alkanes of at least 4 members (excludes halogenated alkanes) is 3. The smallest absolute Gasteiger partial charge is 0.280 e. The number of hydrogen-bond acceptors (Lipinski definition) is 5. The molecule has 0 fully saturated rings. The molecule has 0 aliphatic heterocycles. The Morgan fingerprint density at radius 1 is 0.857 bits per heavy atom. The fourth-order valence-corrected chi connectivity index (χ4v) is 3.80. The summed E-state index contributed by atoms with van der Waals surface area (Å²) >= 11 is 0. The Morgan fingerprint density at radius 2 is 1.46 bits per heavy atom. The molecule has 0 saturated heterocycles. The van der Waals surface area contributed by atoms with Crippen molar-refractivity contribution in [2.75, 3.05) is 6.61 Å². The zero-order chi connectivity index (χ0) is 24.9. The van der Waals surface area contributed by atoms with Gasteiger partial charge >= 0.3 is 0 Å².